The molecule has 0 atom stereocenters. The summed E-state index contributed by atoms with van der Waals surface area (Å²) in [5.74, 6) is 0.728. The SMILES string of the molecule is CCCCc1ccc(C(=O)NCCc2ncn[nH]2)cc1. The molecule has 0 aliphatic carbocycles. The van der Waals surface area contributed by atoms with Crippen LogP contribution < -0.4 is 5.32 Å². The summed E-state index contributed by atoms with van der Waals surface area (Å²) in [7, 11) is 0. The molecule has 106 valence electrons. The Kier molecular flexibility index (Phi) is 5.29. The van der Waals surface area contributed by atoms with E-state index in [1.54, 1.807) is 0 Å². The van der Waals surface area contributed by atoms with Crippen molar-refractivity contribution in [2.45, 2.75) is 32.6 Å². The Hall–Kier alpha value is -2.17. The number of amides is 1. The van der Waals surface area contributed by atoms with E-state index in [4.69, 9.17) is 0 Å². The number of nitrogens with zero attached hydrogens (tertiary/aromatic N) is 2. The Morgan fingerprint density at radius 1 is 1.25 bits per heavy atom. The highest BCUT2D eigenvalue weighted by atomic mass is 16.1. The molecule has 0 radical (unpaired) electrons. The van der Waals surface area contributed by atoms with Gasteiger partial charge in [-0.05, 0) is 30.5 Å². The first-order valence-electron chi connectivity index (χ1n) is 7.01. The standard InChI is InChI=1S/C15H20N4O/c1-2-3-4-12-5-7-13(8-6-12)15(20)16-10-9-14-17-11-18-19-14/h5-8,11H,2-4,9-10H2,1H3,(H,16,20)(H,17,18,19). The Bertz CT molecular complexity index is 519. The van der Waals surface area contributed by atoms with Gasteiger partial charge in [0.1, 0.15) is 12.2 Å². The number of aryl methyl sites for hydroxylation is 1. The van der Waals surface area contributed by atoms with E-state index in [0.717, 1.165) is 12.2 Å². The van der Waals surface area contributed by atoms with Crippen LogP contribution in [-0.2, 0) is 12.8 Å². The lowest BCUT2D eigenvalue weighted by atomic mass is 10.1. The number of aromatic nitrogens is 3. The number of nitrogens with one attached hydrogen (secondary N) is 2. The Balaban J connectivity index is 1.79. The number of hydrogen-bond donors (Lipinski definition) is 2. The van der Waals surface area contributed by atoms with E-state index in [-0.39, 0.29) is 5.91 Å². The lowest BCUT2D eigenvalue weighted by Gasteiger charge is -2.05. The maximum absolute atomic E-state index is 11.9. The normalized spacial score (nSPS) is 10.4. The van der Waals surface area contributed by atoms with Gasteiger partial charge >= 0.3 is 0 Å². The predicted molar refractivity (Wildman–Crippen MR) is 77.5 cm³/mol. The quantitative estimate of drug-likeness (QED) is 0.811. The highest BCUT2D eigenvalue weighted by Crippen LogP contribution is 2.07. The average molecular weight is 272 g/mol. The maximum Gasteiger partial charge on any atom is 0.251 e. The van der Waals surface area contributed by atoms with Crippen molar-refractivity contribution in [2.24, 2.45) is 0 Å². The highest BCUT2D eigenvalue weighted by Gasteiger charge is 2.05. The summed E-state index contributed by atoms with van der Waals surface area (Å²) in [5, 5.41) is 9.40. The molecule has 5 nitrogen and oxygen atoms in total. The van der Waals surface area contributed by atoms with E-state index in [9.17, 15) is 4.79 Å². The van der Waals surface area contributed by atoms with Crippen molar-refractivity contribution in [1.82, 2.24) is 20.5 Å². The van der Waals surface area contributed by atoms with Crippen molar-refractivity contribution < 1.29 is 4.79 Å². The molecule has 1 aromatic heterocycles. The number of H-pyrrole nitrogens is 1. The molecule has 1 aromatic carbocycles. The van der Waals surface area contributed by atoms with E-state index in [1.165, 1.54) is 24.7 Å². The molecule has 0 unspecified atom stereocenters. The summed E-state index contributed by atoms with van der Waals surface area (Å²) in [5.41, 5.74) is 1.98. The van der Waals surface area contributed by atoms with Crippen molar-refractivity contribution >= 4 is 5.91 Å². The average Bonchev–Trinajstić information content (AvgIpc) is 2.99. The monoisotopic (exact) mass is 272 g/mol. The van der Waals surface area contributed by atoms with Gasteiger partial charge in [-0.3, -0.25) is 9.89 Å². The highest BCUT2D eigenvalue weighted by molar-refractivity contribution is 5.94. The van der Waals surface area contributed by atoms with Crippen LogP contribution >= 0.6 is 0 Å². The van der Waals surface area contributed by atoms with Crippen LogP contribution in [0.3, 0.4) is 0 Å². The van der Waals surface area contributed by atoms with Gasteiger partial charge in [0.15, 0.2) is 0 Å². The fourth-order valence-corrected chi connectivity index (χ4v) is 1.95. The molecule has 2 rings (SSSR count). The van der Waals surface area contributed by atoms with Crippen molar-refractivity contribution in [3.8, 4) is 0 Å². The molecule has 0 aliphatic heterocycles. The van der Waals surface area contributed by atoms with E-state index in [2.05, 4.69) is 27.4 Å². The van der Waals surface area contributed by atoms with Crippen LogP contribution in [0, 0.1) is 0 Å². The summed E-state index contributed by atoms with van der Waals surface area (Å²) < 4.78 is 0. The van der Waals surface area contributed by atoms with Gasteiger partial charge in [-0.25, -0.2) is 4.98 Å². The van der Waals surface area contributed by atoms with Gasteiger partial charge in [0.05, 0.1) is 0 Å². The van der Waals surface area contributed by atoms with Crippen molar-refractivity contribution in [1.29, 1.82) is 0 Å². The first-order chi connectivity index (χ1) is 9.79. The smallest absolute Gasteiger partial charge is 0.251 e. The molecule has 2 N–H and O–H groups in total. The van der Waals surface area contributed by atoms with Gasteiger partial charge in [0, 0.05) is 18.5 Å². The maximum atomic E-state index is 11.9. The van der Waals surface area contributed by atoms with Gasteiger partial charge in [-0.2, -0.15) is 5.10 Å². The molecular weight excluding hydrogens is 252 g/mol. The van der Waals surface area contributed by atoms with Crippen LogP contribution in [0.2, 0.25) is 0 Å². The van der Waals surface area contributed by atoms with Crippen LogP contribution in [0.4, 0.5) is 0 Å². The van der Waals surface area contributed by atoms with Gasteiger partial charge in [0.2, 0.25) is 0 Å². The molecule has 0 bridgehead atoms. The van der Waals surface area contributed by atoms with Crippen LogP contribution in [0.5, 0.6) is 0 Å². The van der Waals surface area contributed by atoms with Crippen molar-refractivity contribution in [2.75, 3.05) is 6.54 Å². The molecule has 1 heterocycles. The molecule has 0 spiro atoms. The number of unbranched alkanes of at least 4 members (excludes halogenated alkanes) is 1. The van der Waals surface area contributed by atoms with Crippen molar-refractivity contribution in [3.05, 3.63) is 47.5 Å². The molecule has 1 amide bonds. The zero-order valence-corrected chi connectivity index (χ0v) is 11.7. The molecule has 0 fully saturated rings. The number of benzene rings is 1. The Morgan fingerprint density at radius 2 is 2.05 bits per heavy atom. The molecule has 0 aliphatic rings. The van der Waals surface area contributed by atoms with Crippen LogP contribution in [0.1, 0.15) is 41.5 Å². The lowest BCUT2D eigenvalue weighted by Crippen LogP contribution is -2.25. The number of aromatic amines is 1. The van der Waals surface area contributed by atoms with E-state index < -0.39 is 0 Å². The zero-order chi connectivity index (χ0) is 14.2. The van der Waals surface area contributed by atoms with E-state index in [1.807, 2.05) is 24.3 Å². The second kappa shape index (κ2) is 7.43. The second-order valence-corrected chi connectivity index (χ2v) is 4.74. The van der Waals surface area contributed by atoms with Gasteiger partial charge < -0.3 is 5.32 Å². The fraction of sp³-hybridized carbons (Fsp3) is 0.400. The van der Waals surface area contributed by atoms with E-state index in [0.29, 0.717) is 18.5 Å². The second-order valence-electron chi connectivity index (χ2n) is 4.74. The molecule has 2 aromatic rings. The van der Waals surface area contributed by atoms with Gasteiger partial charge in [-0.15, -0.1) is 0 Å². The van der Waals surface area contributed by atoms with E-state index >= 15 is 0 Å². The number of carbonyl (C=O) groups is 1. The summed E-state index contributed by atoms with van der Waals surface area (Å²) in [6.07, 6.45) is 5.56. The lowest BCUT2D eigenvalue weighted by molar-refractivity contribution is 0.0954. The third-order valence-electron chi connectivity index (χ3n) is 3.15. The third-order valence-corrected chi connectivity index (χ3v) is 3.15. The minimum Gasteiger partial charge on any atom is -0.352 e. The summed E-state index contributed by atoms with van der Waals surface area (Å²) in [6, 6.07) is 7.82. The van der Waals surface area contributed by atoms with Crippen LogP contribution in [0.25, 0.3) is 0 Å². The molecule has 0 saturated heterocycles. The van der Waals surface area contributed by atoms with Crippen molar-refractivity contribution in [3.63, 3.8) is 0 Å². The van der Waals surface area contributed by atoms with Gasteiger partial charge in [0.25, 0.3) is 5.91 Å². The largest absolute Gasteiger partial charge is 0.352 e. The summed E-state index contributed by atoms with van der Waals surface area (Å²) in [6.45, 7) is 2.72. The fourth-order valence-electron chi connectivity index (χ4n) is 1.95. The zero-order valence-electron chi connectivity index (χ0n) is 11.7. The minimum atomic E-state index is -0.0495. The number of carbonyl (C=O) groups excluding carboxylic acids is 1. The Labute approximate surface area is 118 Å². The van der Waals surface area contributed by atoms with Crippen LogP contribution in [-0.4, -0.2) is 27.6 Å². The van der Waals surface area contributed by atoms with Gasteiger partial charge in [-0.1, -0.05) is 25.5 Å². The molecule has 5 heteroatoms. The number of hydrogen-bond acceptors (Lipinski definition) is 3. The Morgan fingerprint density at radius 3 is 2.70 bits per heavy atom. The number of rotatable bonds is 7. The minimum absolute atomic E-state index is 0.0495. The molecule has 0 saturated carbocycles. The topological polar surface area (TPSA) is 70.7 Å². The first-order valence-corrected chi connectivity index (χ1v) is 7.01. The molecule has 20 heavy (non-hydrogen) atoms. The third kappa shape index (κ3) is 4.19. The summed E-state index contributed by atoms with van der Waals surface area (Å²) >= 11 is 0. The molecular formula is C15H20N4O. The summed E-state index contributed by atoms with van der Waals surface area (Å²) in [4.78, 5) is 15.9. The predicted octanol–water partition coefficient (Wildman–Crippen LogP) is 2.12. The first kappa shape index (κ1) is 14.2. The van der Waals surface area contributed by atoms with Crippen LogP contribution in [0.15, 0.2) is 30.6 Å².